The molecule has 0 unspecified atom stereocenters. The second kappa shape index (κ2) is 8.94. The predicted octanol–water partition coefficient (Wildman–Crippen LogP) is 2.69. The number of nitrogens with one attached hydrogen (secondary N) is 1. The van der Waals surface area contributed by atoms with Crippen molar-refractivity contribution in [2.75, 3.05) is 13.9 Å². The third kappa shape index (κ3) is 5.03. The van der Waals surface area contributed by atoms with E-state index in [0.717, 1.165) is 16.9 Å². The third-order valence-electron chi connectivity index (χ3n) is 4.10. The summed E-state index contributed by atoms with van der Waals surface area (Å²) >= 11 is 0. The number of rotatable bonds is 7. The maximum Gasteiger partial charge on any atom is 0.331 e. The molecule has 0 bridgehead atoms. The number of carbonyl (C=O) groups is 2. The fourth-order valence-electron chi connectivity index (χ4n) is 2.52. The van der Waals surface area contributed by atoms with Crippen molar-refractivity contribution in [2.45, 2.75) is 19.6 Å². The van der Waals surface area contributed by atoms with Crippen LogP contribution in [0.25, 0.3) is 6.08 Å². The lowest BCUT2D eigenvalue weighted by Gasteiger charge is -2.12. The van der Waals surface area contributed by atoms with Crippen molar-refractivity contribution in [3.05, 3.63) is 59.7 Å². The number of methoxy groups -OCH3 is 1. The van der Waals surface area contributed by atoms with E-state index in [9.17, 15) is 9.59 Å². The molecule has 0 fully saturated rings. The minimum atomic E-state index is -0.910. The van der Waals surface area contributed by atoms with E-state index in [1.54, 1.807) is 31.4 Å². The largest absolute Gasteiger partial charge is 0.497 e. The molecule has 0 radical (unpaired) electrons. The highest BCUT2D eigenvalue weighted by molar-refractivity contribution is 5.90. The van der Waals surface area contributed by atoms with E-state index >= 15 is 0 Å². The van der Waals surface area contributed by atoms with Crippen molar-refractivity contribution in [2.24, 2.45) is 0 Å². The Kier molecular flexibility index (Phi) is 6.16. The molecule has 0 saturated heterocycles. The normalized spacial score (nSPS) is 13.2. The van der Waals surface area contributed by atoms with Crippen LogP contribution in [0.3, 0.4) is 0 Å². The number of benzene rings is 2. The highest BCUT2D eigenvalue weighted by Gasteiger charge is 2.16. The topological polar surface area (TPSA) is 83.1 Å². The molecule has 1 aliphatic heterocycles. The van der Waals surface area contributed by atoms with E-state index in [1.165, 1.54) is 13.0 Å². The van der Waals surface area contributed by atoms with Gasteiger partial charge < -0.3 is 24.3 Å². The van der Waals surface area contributed by atoms with E-state index in [1.807, 2.05) is 24.3 Å². The molecule has 1 atom stereocenters. The van der Waals surface area contributed by atoms with Crippen molar-refractivity contribution in [3.63, 3.8) is 0 Å². The smallest absolute Gasteiger partial charge is 0.331 e. The molecule has 2 aromatic rings. The number of carbonyl (C=O) groups excluding carboxylic acids is 2. The van der Waals surface area contributed by atoms with E-state index in [2.05, 4.69) is 5.32 Å². The van der Waals surface area contributed by atoms with Gasteiger partial charge in [0.25, 0.3) is 5.91 Å². The Bertz CT molecular complexity index is 875. The van der Waals surface area contributed by atoms with E-state index in [-0.39, 0.29) is 12.7 Å². The summed E-state index contributed by atoms with van der Waals surface area (Å²) in [6.45, 7) is 2.04. The summed E-state index contributed by atoms with van der Waals surface area (Å²) in [6, 6.07) is 12.6. The first-order valence-corrected chi connectivity index (χ1v) is 8.74. The van der Waals surface area contributed by atoms with Gasteiger partial charge in [0.1, 0.15) is 5.75 Å². The molecular formula is C21H21NO6. The quantitative estimate of drug-likeness (QED) is 0.585. The Morgan fingerprint density at radius 2 is 1.89 bits per heavy atom. The van der Waals surface area contributed by atoms with Gasteiger partial charge in [-0.3, -0.25) is 4.79 Å². The SMILES string of the molecule is COc1ccc(CNC(=O)[C@H](C)OC(=O)/C=C/c2ccc3c(c2)OCO3)cc1. The summed E-state index contributed by atoms with van der Waals surface area (Å²) in [5.74, 6) is 1.06. The molecule has 0 spiro atoms. The summed E-state index contributed by atoms with van der Waals surface area (Å²) in [6.07, 6.45) is 1.95. The lowest BCUT2D eigenvalue weighted by molar-refractivity contribution is -0.150. The standard InChI is InChI=1S/C21H21NO6/c1-14(21(24)22-12-16-3-7-17(25-2)8-4-16)28-20(23)10-6-15-5-9-18-19(11-15)27-13-26-18/h3-11,14H,12-13H2,1-2H3,(H,22,24)/b10-6+/t14-/m0/s1. The molecule has 1 amide bonds. The first kappa shape index (κ1) is 19.3. The second-order valence-electron chi connectivity index (χ2n) is 6.09. The van der Waals surface area contributed by atoms with E-state index < -0.39 is 12.1 Å². The van der Waals surface area contributed by atoms with E-state index in [4.69, 9.17) is 18.9 Å². The molecule has 2 aromatic carbocycles. The Labute approximate surface area is 162 Å². The molecule has 1 N–H and O–H groups in total. The van der Waals surface area contributed by atoms with Crippen LogP contribution < -0.4 is 19.5 Å². The van der Waals surface area contributed by atoms with E-state index in [0.29, 0.717) is 18.0 Å². The zero-order valence-electron chi connectivity index (χ0n) is 15.6. The van der Waals surface area contributed by atoms with Crippen LogP contribution >= 0.6 is 0 Å². The van der Waals surface area contributed by atoms with Crippen LogP contribution in [-0.2, 0) is 20.9 Å². The summed E-state index contributed by atoms with van der Waals surface area (Å²) in [5, 5.41) is 2.73. The summed E-state index contributed by atoms with van der Waals surface area (Å²) in [5.41, 5.74) is 1.67. The maximum atomic E-state index is 12.1. The second-order valence-corrected chi connectivity index (χ2v) is 6.09. The van der Waals surface area contributed by atoms with Crippen LogP contribution in [-0.4, -0.2) is 31.9 Å². The van der Waals surface area contributed by atoms with Gasteiger partial charge in [-0.1, -0.05) is 18.2 Å². The Morgan fingerprint density at radius 3 is 2.64 bits per heavy atom. The number of esters is 1. The van der Waals surface area contributed by atoms with Crippen LogP contribution in [0.15, 0.2) is 48.5 Å². The van der Waals surface area contributed by atoms with Gasteiger partial charge in [-0.15, -0.1) is 0 Å². The fraction of sp³-hybridized carbons (Fsp3) is 0.238. The molecule has 7 nitrogen and oxygen atoms in total. The highest BCUT2D eigenvalue weighted by Crippen LogP contribution is 2.32. The van der Waals surface area contributed by atoms with Crippen LogP contribution in [0.2, 0.25) is 0 Å². The van der Waals surface area contributed by atoms with Gasteiger partial charge in [0.05, 0.1) is 7.11 Å². The fourth-order valence-corrected chi connectivity index (χ4v) is 2.52. The van der Waals surface area contributed by atoms with Crippen molar-refractivity contribution in [1.82, 2.24) is 5.32 Å². The summed E-state index contributed by atoms with van der Waals surface area (Å²) in [7, 11) is 1.59. The Balaban J connectivity index is 1.46. The number of fused-ring (bicyclic) bond motifs is 1. The maximum absolute atomic E-state index is 12.1. The average Bonchev–Trinajstić information content (AvgIpc) is 3.18. The predicted molar refractivity (Wildman–Crippen MR) is 102 cm³/mol. The molecule has 1 aliphatic rings. The first-order chi connectivity index (χ1) is 13.5. The van der Waals surface area contributed by atoms with Gasteiger partial charge in [-0.25, -0.2) is 4.79 Å². The minimum Gasteiger partial charge on any atom is -0.497 e. The molecule has 0 saturated carbocycles. The highest BCUT2D eigenvalue weighted by atomic mass is 16.7. The zero-order valence-corrected chi connectivity index (χ0v) is 15.6. The molecule has 146 valence electrons. The van der Waals surface area contributed by atoms with Gasteiger partial charge in [0.15, 0.2) is 17.6 Å². The zero-order chi connectivity index (χ0) is 19.9. The van der Waals surface area contributed by atoms with Crippen LogP contribution in [0.1, 0.15) is 18.1 Å². The lowest BCUT2D eigenvalue weighted by Crippen LogP contribution is -2.35. The summed E-state index contributed by atoms with van der Waals surface area (Å²) in [4.78, 5) is 24.1. The van der Waals surface area contributed by atoms with Crippen LogP contribution in [0.4, 0.5) is 0 Å². The molecule has 28 heavy (non-hydrogen) atoms. The van der Waals surface area contributed by atoms with Crippen LogP contribution in [0, 0.1) is 0 Å². The van der Waals surface area contributed by atoms with Crippen molar-refractivity contribution in [3.8, 4) is 17.2 Å². The van der Waals surface area contributed by atoms with Gasteiger partial charge in [-0.2, -0.15) is 0 Å². The minimum absolute atomic E-state index is 0.188. The molecule has 0 aliphatic carbocycles. The van der Waals surface area contributed by atoms with Crippen LogP contribution in [0.5, 0.6) is 17.2 Å². The van der Waals surface area contributed by atoms with Gasteiger partial charge in [-0.05, 0) is 48.4 Å². The van der Waals surface area contributed by atoms with Gasteiger partial charge in [0, 0.05) is 12.6 Å². The molecular weight excluding hydrogens is 362 g/mol. The lowest BCUT2D eigenvalue weighted by atomic mass is 10.2. The number of amides is 1. The summed E-state index contributed by atoms with van der Waals surface area (Å²) < 4.78 is 20.7. The molecule has 1 heterocycles. The number of ether oxygens (including phenoxy) is 4. The average molecular weight is 383 g/mol. The third-order valence-corrected chi connectivity index (χ3v) is 4.10. The van der Waals surface area contributed by atoms with Gasteiger partial charge >= 0.3 is 5.97 Å². The van der Waals surface area contributed by atoms with Gasteiger partial charge in [0.2, 0.25) is 6.79 Å². The molecule has 3 rings (SSSR count). The van der Waals surface area contributed by atoms with Crippen molar-refractivity contribution >= 4 is 18.0 Å². The van der Waals surface area contributed by atoms with Crippen molar-refractivity contribution < 1.29 is 28.5 Å². The monoisotopic (exact) mass is 383 g/mol. The first-order valence-electron chi connectivity index (χ1n) is 8.74. The number of hydrogen-bond donors (Lipinski definition) is 1. The molecule has 0 aromatic heterocycles. The van der Waals surface area contributed by atoms with Crippen molar-refractivity contribution in [1.29, 1.82) is 0 Å². The number of hydrogen-bond acceptors (Lipinski definition) is 6. The molecule has 7 heteroatoms. The Morgan fingerprint density at radius 1 is 1.14 bits per heavy atom. The Hall–Kier alpha value is -3.48.